The first-order chi connectivity index (χ1) is 9.81. The van der Waals surface area contributed by atoms with E-state index in [1.54, 1.807) is 0 Å². The molecule has 0 spiro atoms. The highest BCUT2D eigenvalue weighted by Gasteiger charge is 2.18. The minimum absolute atomic E-state index is 0.0410. The van der Waals surface area contributed by atoms with E-state index in [1.807, 2.05) is 52.0 Å². The zero-order valence-electron chi connectivity index (χ0n) is 13.1. The number of aryl methyl sites for hydroxylation is 1. The van der Waals surface area contributed by atoms with Crippen molar-refractivity contribution in [2.75, 3.05) is 6.54 Å². The highest BCUT2D eigenvalue weighted by molar-refractivity contribution is 5.87. The van der Waals surface area contributed by atoms with Gasteiger partial charge in [-0.2, -0.15) is 0 Å². The summed E-state index contributed by atoms with van der Waals surface area (Å²) in [5, 5.41) is 5.41. The molecule has 1 aromatic rings. The Labute approximate surface area is 126 Å². The number of nitrogens with two attached hydrogens (primary N) is 1. The molecule has 0 fully saturated rings. The SMILES string of the molecule is Cc1cccc([C@H](C)NC(=O)CNC(=O)[C@@H](N)C(C)C)c1. The summed E-state index contributed by atoms with van der Waals surface area (Å²) in [5.41, 5.74) is 7.89. The lowest BCUT2D eigenvalue weighted by atomic mass is 10.1. The molecule has 0 aromatic heterocycles. The third kappa shape index (κ3) is 5.55. The quantitative estimate of drug-likeness (QED) is 0.738. The van der Waals surface area contributed by atoms with E-state index in [2.05, 4.69) is 10.6 Å². The molecular formula is C16H25N3O2. The predicted molar refractivity (Wildman–Crippen MR) is 83.6 cm³/mol. The first-order valence-corrected chi connectivity index (χ1v) is 7.20. The molecular weight excluding hydrogens is 266 g/mol. The van der Waals surface area contributed by atoms with Crippen LogP contribution in [0.2, 0.25) is 0 Å². The molecule has 2 amide bonds. The minimum atomic E-state index is -0.591. The van der Waals surface area contributed by atoms with Gasteiger partial charge < -0.3 is 16.4 Å². The van der Waals surface area contributed by atoms with E-state index < -0.39 is 6.04 Å². The molecule has 0 aliphatic rings. The standard InChI is InChI=1S/C16H25N3O2/c1-10(2)15(17)16(21)18-9-14(20)19-12(4)13-7-5-6-11(3)8-13/h5-8,10,12,15H,9,17H2,1-4H3,(H,18,21)(H,19,20)/t12-,15-/m0/s1. The van der Waals surface area contributed by atoms with E-state index in [0.717, 1.165) is 11.1 Å². The number of hydrogen-bond donors (Lipinski definition) is 3. The monoisotopic (exact) mass is 291 g/mol. The second kappa shape index (κ2) is 7.78. The van der Waals surface area contributed by atoms with Crippen molar-refractivity contribution < 1.29 is 9.59 Å². The highest BCUT2D eigenvalue weighted by Crippen LogP contribution is 2.13. The number of rotatable bonds is 6. The van der Waals surface area contributed by atoms with Gasteiger partial charge >= 0.3 is 0 Å². The van der Waals surface area contributed by atoms with Gasteiger partial charge in [-0.3, -0.25) is 9.59 Å². The molecule has 0 heterocycles. The lowest BCUT2D eigenvalue weighted by Gasteiger charge is -2.17. The third-order valence-corrected chi connectivity index (χ3v) is 3.36. The Morgan fingerprint density at radius 2 is 1.90 bits per heavy atom. The van der Waals surface area contributed by atoms with Crippen molar-refractivity contribution in [3.05, 3.63) is 35.4 Å². The molecule has 5 heteroatoms. The molecule has 1 rings (SSSR count). The van der Waals surface area contributed by atoms with Crippen molar-refractivity contribution in [1.29, 1.82) is 0 Å². The maximum Gasteiger partial charge on any atom is 0.239 e. The fourth-order valence-electron chi connectivity index (χ4n) is 1.90. The van der Waals surface area contributed by atoms with Crippen LogP contribution in [-0.4, -0.2) is 24.4 Å². The van der Waals surface area contributed by atoms with Gasteiger partial charge in [0.2, 0.25) is 11.8 Å². The Kier molecular flexibility index (Phi) is 6.37. The van der Waals surface area contributed by atoms with Crippen molar-refractivity contribution >= 4 is 11.8 Å². The number of carbonyl (C=O) groups is 2. The lowest BCUT2D eigenvalue weighted by molar-refractivity contribution is -0.127. The summed E-state index contributed by atoms with van der Waals surface area (Å²) in [7, 11) is 0. The highest BCUT2D eigenvalue weighted by atomic mass is 16.2. The maximum absolute atomic E-state index is 11.8. The van der Waals surface area contributed by atoms with Crippen LogP contribution in [-0.2, 0) is 9.59 Å². The van der Waals surface area contributed by atoms with Gasteiger partial charge in [0.15, 0.2) is 0 Å². The molecule has 0 radical (unpaired) electrons. The van der Waals surface area contributed by atoms with E-state index >= 15 is 0 Å². The van der Waals surface area contributed by atoms with Crippen LogP contribution in [0.3, 0.4) is 0 Å². The first-order valence-electron chi connectivity index (χ1n) is 7.20. The summed E-state index contributed by atoms with van der Waals surface area (Å²) in [6.07, 6.45) is 0. The Bertz CT molecular complexity index is 500. The van der Waals surface area contributed by atoms with Crippen molar-refractivity contribution in [1.82, 2.24) is 10.6 Å². The second-order valence-electron chi connectivity index (χ2n) is 5.69. The summed E-state index contributed by atoms with van der Waals surface area (Å²) in [6, 6.07) is 7.26. The van der Waals surface area contributed by atoms with Crippen LogP contribution in [0, 0.1) is 12.8 Å². The smallest absolute Gasteiger partial charge is 0.239 e. The van der Waals surface area contributed by atoms with E-state index in [-0.39, 0.29) is 30.3 Å². The molecule has 2 atom stereocenters. The van der Waals surface area contributed by atoms with Crippen LogP contribution < -0.4 is 16.4 Å². The number of hydrogen-bond acceptors (Lipinski definition) is 3. The molecule has 21 heavy (non-hydrogen) atoms. The number of carbonyl (C=O) groups excluding carboxylic acids is 2. The van der Waals surface area contributed by atoms with Crippen LogP contribution in [0.5, 0.6) is 0 Å². The van der Waals surface area contributed by atoms with Gasteiger partial charge in [0.1, 0.15) is 0 Å². The van der Waals surface area contributed by atoms with E-state index in [9.17, 15) is 9.59 Å². The van der Waals surface area contributed by atoms with E-state index in [4.69, 9.17) is 5.73 Å². The molecule has 0 unspecified atom stereocenters. The van der Waals surface area contributed by atoms with Gasteiger partial charge in [-0.25, -0.2) is 0 Å². The van der Waals surface area contributed by atoms with E-state index in [0.29, 0.717) is 0 Å². The largest absolute Gasteiger partial charge is 0.348 e. The topological polar surface area (TPSA) is 84.2 Å². The fourth-order valence-corrected chi connectivity index (χ4v) is 1.90. The molecule has 0 bridgehead atoms. The lowest BCUT2D eigenvalue weighted by Crippen LogP contribution is -2.47. The van der Waals surface area contributed by atoms with Crippen LogP contribution in [0.15, 0.2) is 24.3 Å². The zero-order valence-corrected chi connectivity index (χ0v) is 13.1. The van der Waals surface area contributed by atoms with Crippen LogP contribution in [0.1, 0.15) is 37.9 Å². The van der Waals surface area contributed by atoms with Crippen molar-refractivity contribution in [2.45, 2.75) is 39.8 Å². The molecule has 116 valence electrons. The Balaban J connectivity index is 2.45. The van der Waals surface area contributed by atoms with Gasteiger partial charge in [-0.1, -0.05) is 43.7 Å². The second-order valence-corrected chi connectivity index (χ2v) is 5.69. The third-order valence-electron chi connectivity index (χ3n) is 3.36. The van der Waals surface area contributed by atoms with Crippen molar-refractivity contribution in [3.63, 3.8) is 0 Å². The van der Waals surface area contributed by atoms with Crippen LogP contribution in [0.4, 0.5) is 0 Å². The Morgan fingerprint density at radius 1 is 1.24 bits per heavy atom. The van der Waals surface area contributed by atoms with Gasteiger partial charge in [0, 0.05) is 0 Å². The molecule has 5 nitrogen and oxygen atoms in total. The van der Waals surface area contributed by atoms with Gasteiger partial charge in [-0.05, 0) is 25.3 Å². The van der Waals surface area contributed by atoms with Gasteiger partial charge in [0.25, 0.3) is 0 Å². The molecule has 1 aromatic carbocycles. The summed E-state index contributed by atoms with van der Waals surface area (Å²) < 4.78 is 0. The molecule has 4 N–H and O–H groups in total. The van der Waals surface area contributed by atoms with Crippen molar-refractivity contribution in [3.8, 4) is 0 Å². The van der Waals surface area contributed by atoms with Crippen LogP contribution >= 0.6 is 0 Å². The number of benzene rings is 1. The normalized spacial score (nSPS) is 13.6. The fraction of sp³-hybridized carbons (Fsp3) is 0.500. The zero-order chi connectivity index (χ0) is 16.0. The summed E-state index contributed by atoms with van der Waals surface area (Å²) in [4.78, 5) is 23.5. The minimum Gasteiger partial charge on any atom is -0.348 e. The molecule has 0 aliphatic carbocycles. The maximum atomic E-state index is 11.8. The average Bonchev–Trinajstić information content (AvgIpc) is 2.43. The van der Waals surface area contributed by atoms with Crippen molar-refractivity contribution in [2.24, 2.45) is 11.7 Å². The van der Waals surface area contributed by atoms with Crippen LogP contribution in [0.25, 0.3) is 0 Å². The summed E-state index contributed by atoms with van der Waals surface area (Å²) >= 11 is 0. The molecule has 0 saturated carbocycles. The van der Waals surface area contributed by atoms with Gasteiger partial charge in [0.05, 0.1) is 18.6 Å². The van der Waals surface area contributed by atoms with Gasteiger partial charge in [-0.15, -0.1) is 0 Å². The average molecular weight is 291 g/mol. The summed E-state index contributed by atoms with van der Waals surface area (Å²) in [5.74, 6) is -0.490. The molecule has 0 saturated heterocycles. The Morgan fingerprint density at radius 3 is 2.48 bits per heavy atom. The number of amides is 2. The number of nitrogens with one attached hydrogen (secondary N) is 2. The predicted octanol–water partition coefficient (Wildman–Crippen LogP) is 1.27. The Hall–Kier alpha value is -1.88. The molecule has 0 aliphatic heterocycles. The first kappa shape index (κ1) is 17.2. The summed E-state index contributed by atoms with van der Waals surface area (Å²) in [6.45, 7) is 7.59. The van der Waals surface area contributed by atoms with E-state index in [1.165, 1.54) is 0 Å².